The van der Waals surface area contributed by atoms with Gasteiger partial charge in [-0.2, -0.15) is 0 Å². The molecule has 174 valence electrons. The van der Waals surface area contributed by atoms with Crippen LogP contribution in [0.25, 0.3) is 16.5 Å². The molecule has 0 aliphatic rings. The van der Waals surface area contributed by atoms with Crippen molar-refractivity contribution in [1.29, 1.82) is 0 Å². The third kappa shape index (κ3) is 5.72. The summed E-state index contributed by atoms with van der Waals surface area (Å²) in [7, 11) is 0. The standard InChI is InChI=1S/C28H30ClN5/c1-18(2)7-5-6-8-21-9-10-26-24(11-21)25(16-33-26)20(4)28(27-17-31-19(3)13-32-27)34-23-12-22(29)14-30-15-23/h9-17,28,33-34H,1,4-8H2,2-3H3. The maximum atomic E-state index is 6.18. The van der Waals surface area contributed by atoms with Gasteiger partial charge in [-0.15, -0.1) is 6.58 Å². The fraction of sp³-hybridized carbons (Fsp3) is 0.250. The van der Waals surface area contributed by atoms with E-state index in [2.05, 4.69) is 63.5 Å². The van der Waals surface area contributed by atoms with E-state index in [1.807, 2.05) is 19.2 Å². The number of hydrogen-bond acceptors (Lipinski definition) is 4. The number of nitrogens with one attached hydrogen (secondary N) is 2. The van der Waals surface area contributed by atoms with E-state index < -0.39 is 0 Å². The van der Waals surface area contributed by atoms with Crippen LogP contribution in [-0.2, 0) is 6.42 Å². The molecule has 5 nitrogen and oxygen atoms in total. The van der Waals surface area contributed by atoms with Crippen LogP contribution in [0.4, 0.5) is 5.69 Å². The molecule has 1 unspecified atom stereocenters. The molecular weight excluding hydrogens is 442 g/mol. The van der Waals surface area contributed by atoms with Gasteiger partial charge in [-0.05, 0) is 68.9 Å². The number of unbranched alkanes of at least 4 members (excludes halogenated alkanes) is 1. The molecule has 34 heavy (non-hydrogen) atoms. The number of aryl methyl sites for hydroxylation is 2. The molecule has 3 heterocycles. The Morgan fingerprint density at radius 1 is 1.09 bits per heavy atom. The van der Waals surface area contributed by atoms with Gasteiger partial charge in [0.25, 0.3) is 0 Å². The van der Waals surface area contributed by atoms with Crippen LogP contribution < -0.4 is 5.32 Å². The molecule has 0 saturated carbocycles. The molecule has 0 amide bonds. The average Bonchev–Trinajstić information content (AvgIpc) is 3.24. The fourth-order valence-electron chi connectivity index (χ4n) is 4.05. The fourth-order valence-corrected chi connectivity index (χ4v) is 4.22. The van der Waals surface area contributed by atoms with Crippen LogP contribution in [0.1, 0.15) is 54.7 Å². The predicted octanol–water partition coefficient (Wildman–Crippen LogP) is 7.47. The van der Waals surface area contributed by atoms with E-state index >= 15 is 0 Å². The molecule has 0 spiro atoms. The number of H-pyrrole nitrogens is 1. The average molecular weight is 472 g/mol. The number of allylic oxidation sites excluding steroid dienone is 1. The van der Waals surface area contributed by atoms with E-state index in [0.29, 0.717) is 5.02 Å². The molecule has 0 bridgehead atoms. The predicted molar refractivity (Wildman–Crippen MR) is 142 cm³/mol. The van der Waals surface area contributed by atoms with Crippen molar-refractivity contribution in [2.45, 2.75) is 45.6 Å². The summed E-state index contributed by atoms with van der Waals surface area (Å²) < 4.78 is 0. The van der Waals surface area contributed by atoms with Crippen LogP contribution in [0.3, 0.4) is 0 Å². The summed E-state index contributed by atoms with van der Waals surface area (Å²) in [5.41, 5.74) is 8.02. The van der Waals surface area contributed by atoms with Gasteiger partial charge < -0.3 is 10.3 Å². The van der Waals surface area contributed by atoms with Crippen LogP contribution in [-0.4, -0.2) is 19.9 Å². The van der Waals surface area contributed by atoms with Crippen LogP contribution in [0, 0.1) is 6.92 Å². The topological polar surface area (TPSA) is 66.5 Å². The highest BCUT2D eigenvalue weighted by Gasteiger charge is 2.21. The summed E-state index contributed by atoms with van der Waals surface area (Å²) in [6.07, 6.45) is 13.4. The first-order valence-electron chi connectivity index (χ1n) is 11.5. The minimum absolute atomic E-state index is 0.299. The minimum atomic E-state index is -0.299. The number of halogens is 1. The van der Waals surface area contributed by atoms with Crippen molar-refractivity contribution in [3.63, 3.8) is 0 Å². The van der Waals surface area contributed by atoms with Crippen molar-refractivity contribution in [2.75, 3.05) is 5.32 Å². The SMILES string of the molecule is C=C(C)CCCCc1ccc2[nH]cc(C(=C)C(Nc3cncc(Cl)c3)c3cnc(C)cn3)c2c1. The van der Waals surface area contributed by atoms with E-state index in [-0.39, 0.29) is 6.04 Å². The van der Waals surface area contributed by atoms with E-state index in [1.165, 1.54) is 11.1 Å². The highest BCUT2D eigenvalue weighted by Crippen LogP contribution is 2.35. The van der Waals surface area contributed by atoms with Crippen molar-refractivity contribution in [3.8, 4) is 0 Å². The number of aromatic amines is 1. The first kappa shape index (κ1) is 23.7. The smallest absolute Gasteiger partial charge is 0.0957 e. The molecule has 6 heteroatoms. The zero-order valence-electron chi connectivity index (χ0n) is 19.7. The molecular formula is C28H30ClN5. The number of anilines is 1. The molecule has 4 aromatic rings. The quantitative estimate of drug-likeness (QED) is 0.186. The zero-order valence-corrected chi connectivity index (χ0v) is 20.5. The lowest BCUT2D eigenvalue weighted by atomic mass is 9.95. The third-order valence-electron chi connectivity index (χ3n) is 5.87. The Balaban J connectivity index is 1.64. The number of fused-ring (bicyclic) bond motifs is 1. The molecule has 1 atom stereocenters. The summed E-state index contributed by atoms with van der Waals surface area (Å²) in [6, 6.07) is 8.16. The molecule has 0 saturated heterocycles. The Labute approximate surface area is 206 Å². The van der Waals surface area contributed by atoms with Gasteiger partial charge in [0, 0.05) is 35.1 Å². The Kier molecular flexibility index (Phi) is 7.43. The lowest BCUT2D eigenvalue weighted by molar-refractivity contribution is 0.731. The first-order valence-corrected chi connectivity index (χ1v) is 11.9. The summed E-state index contributed by atoms with van der Waals surface area (Å²) in [5, 5.41) is 5.22. The molecule has 1 aromatic carbocycles. The molecule has 0 aliphatic carbocycles. The maximum absolute atomic E-state index is 6.18. The Hall–Kier alpha value is -3.44. The van der Waals surface area contributed by atoms with Crippen molar-refractivity contribution < 1.29 is 0 Å². The van der Waals surface area contributed by atoms with Gasteiger partial charge in [-0.1, -0.05) is 29.8 Å². The summed E-state index contributed by atoms with van der Waals surface area (Å²) in [4.78, 5) is 16.7. The van der Waals surface area contributed by atoms with Crippen LogP contribution in [0.15, 0.2) is 74.0 Å². The zero-order chi connectivity index (χ0) is 24.1. The van der Waals surface area contributed by atoms with E-state index in [1.54, 1.807) is 24.8 Å². The van der Waals surface area contributed by atoms with E-state index in [0.717, 1.165) is 64.8 Å². The molecule has 3 aromatic heterocycles. The maximum Gasteiger partial charge on any atom is 0.0957 e. The van der Waals surface area contributed by atoms with Gasteiger partial charge >= 0.3 is 0 Å². The Bertz CT molecular complexity index is 1310. The normalized spacial score (nSPS) is 12.0. The third-order valence-corrected chi connectivity index (χ3v) is 6.08. The van der Waals surface area contributed by atoms with Gasteiger partial charge in [0.05, 0.1) is 40.5 Å². The van der Waals surface area contributed by atoms with Gasteiger partial charge in [0.1, 0.15) is 0 Å². The number of rotatable bonds is 10. The molecule has 4 rings (SSSR count). The molecule has 0 fully saturated rings. The van der Waals surface area contributed by atoms with Gasteiger partial charge in [-0.25, -0.2) is 0 Å². The van der Waals surface area contributed by atoms with Crippen LogP contribution >= 0.6 is 11.6 Å². The molecule has 0 aliphatic heterocycles. The van der Waals surface area contributed by atoms with Crippen molar-refractivity contribution in [2.24, 2.45) is 0 Å². The van der Waals surface area contributed by atoms with Gasteiger partial charge in [-0.3, -0.25) is 15.0 Å². The number of hydrogen-bond donors (Lipinski definition) is 2. The highest BCUT2D eigenvalue weighted by atomic mass is 35.5. The van der Waals surface area contributed by atoms with Gasteiger partial charge in [0.15, 0.2) is 0 Å². The van der Waals surface area contributed by atoms with Crippen LogP contribution in [0.2, 0.25) is 5.02 Å². The Morgan fingerprint density at radius 3 is 2.68 bits per heavy atom. The lowest BCUT2D eigenvalue weighted by Gasteiger charge is -2.22. The van der Waals surface area contributed by atoms with Crippen LogP contribution in [0.5, 0.6) is 0 Å². The first-order chi connectivity index (χ1) is 16.4. The van der Waals surface area contributed by atoms with Crippen molar-refractivity contribution in [1.82, 2.24) is 19.9 Å². The number of benzene rings is 1. The Morgan fingerprint density at radius 2 is 1.94 bits per heavy atom. The summed E-state index contributed by atoms with van der Waals surface area (Å²) in [5.74, 6) is 0. The van der Waals surface area contributed by atoms with Gasteiger partial charge in [0.2, 0.25) is 0 Å². The van der Waals surface area contributed by atoms with E-state index in [9.17, 15) is 0 Å². The largest absolute Gasteiger partial charge is 0.371 e. The highest BCUT2D eigenvalue weighted by molar-refractivity contribution is 6.30. The summed E-state index contributed by atoms with van der Waals surface area (Å²) >= 11 is 6.18. The van der Waals surface area contributed by atoms with Crippen molar-refractivity contribution in [3.05, 3.63) is 102 Å². The number of nitrogens with zero attached hydrogens (tertiary/aromatic N) is 3. The number of pyridine rings is 1. The van der Waals surface area contributed by atoms with E-state index in [4.69, 9.17) is 11.6 Å². The lowest BCUT2D eigenvalue weighted by Crippen LogP contribution is -2.14. The minimum Gasteiger partial charge on any atom is -0.371 e. The number of aromatic nitrogens is 4. The second kappa shape index (κ2) is 10.7. The van der Waals surface area contributed by atoms with Crippen molar-refractivity contribution >= 4 is 33.8 Å². The second-order valence-corrected chi connectivity index (χ2v) is 9.26. The molecule has 2 N–H and O–H groups in total. The molecule has 0 radical (unpaired) electrons. The summed E-state index contributed by atoms with van der Waals surface area (Å²) in [6.45, 7) is 12.5. The monoisotopic (exact) mass is 471 g/mol. The second-order valence-electron chi connectivity index (χ2n) is 8.82.